The first-order chi connectivity index (χ1) is 16.0. The van der Waals surface area contributed by atoms with E-state index in [1.807, 2.05) is 26.0 Å². The standard InChI is InChI=1S/C26H25NO6/c1-3-5-13-33-20-15-17-7-6-8-19(32-4-2)22(17)24-23(20)25(30)27(26(24)31)18-11-9-16(10-12-18)14-21(28)29/h6-12,15H,3-5,13-14H2,1-2H3,(H,28,29). The molecule has 0 atom stereocenters. The van der Waals surface area contributed by atoms with Crippen LogP contribution in [-0.4, -0.2) is 36.1 Å². The van der Waals surface area contributed by atoms with Gasteiger partial charge in [0.05, 0.1) is 36.4 Å². The van der Waals surface area contributed by atoms with E-state index in [0.29, 0.717) is 41.3 Å². The Morgan fingerprint density at radius 1 is 0.939 bits per heavy atom. The van der Waals surface area contributed by atoms with Crippen LogP contribution in [-0.2, 0) is 11.2 Å². The normalized spacial score (nSPS) is 12.8. The third-order valence-electron chi connectivity index (χ3n) is 5.53. The molecule has 0 radical (unpaired) electrons. The zero-order valence-corrected chi connectivity index (χ0v) is 18.6. The van der Waals surface area contributed by atoms with E-state index in [0.717, 1.165) is 23.1 Å². The van der Waals surface area contributed by atoms with Crippen molar-refractivity contribution in [3.63, 3.8) is 0 Å². The summed E-state index contributed by atoms with van der Waals surface area (Å²) in [5.74, 6) is -0.971. The number of hydrogen-bond acceptors (Lipinski definition) is 5. The van der Waals surface area contributed by atoms with Gasteiger partial charge in [-0.2, -0.15) is 0 Å². The minimum absolute atomic E-state index is 0.139. The van der Waals surface area contributed by atoms with Gasteiger partial charge in [-0.3, -0.25) is 14.4 Å². The summed E-state index contributed by atoms with van der Waals surface area (Å²) in [6.45, 7) is 4.76. The van der Waals surface area contributed by atoms with Crippen LogP contribution < -0.4 is 14.4 Å². The molecule has 0 saturated heterocycles. The molecule has 0 aromatic heterocycles. The molecule has 0 spiro atoms. The molecule has 2 amide bonds. The van der Waals surface area contributed by atoms with E-state index in [9.17, 15) is 14.4 Å². The number of amides is 2. The second-order valence-electron chi connectivity index (χ2n) is 7.80. The van der Waals surface area contributed by atoms with Crippen molar-refractivity contribution in [1.82, 2.24) is 0 Å². The molecule has 4 rings (SSSR count). The zero-order valence-electron chi connectivity index (χ0n) is 18.6. The number of carboxylic acids is 1. The lowest BCUT2D eigenvalue weighted by molar-refractivity contribution is -0.136. The van der Waals surface area contributed by atoms with Crippen LogP contribution in [0.4, 0.5) is 5.69 Å². The zero-order chi connectivity index (χ0) is 23.5. The topological polar surface area (TPSA) is 93.1 Å². The first-order valence-electron chi connectivity index (χ1n) is 11.0. The van der Waals surface area contributed by atoms with E-state index in [1.165, 1.54) is 0 Å². The molecule has 3 aromatic rings. The number of anilines is 1. The molecule has 33 heavy (non-hydrogen) atoms. The smallest absolute Gasteiger partial charge is 0.307 e. The van der Waals surface area contributed by atoms with Gasteiger partial charge in [0.1, 0.15) is 11.5 Å². The number of carbonyl (C=O) groups is 3. The number of ether oxygens (including phenoxy) is 2. The third kappa shape index (κ3) is 4.14. The van der Waals surface area contributed by atoms with Gasteiger partial charge in [0.25, 0.3) is 11.8 Å². The number of fused-ring (bicyclic) bond motifs is 3. The van der Waals surface area contributed by atoms with Crippen molar-refractivity contribution in [3.05, 3.63) is 65.2 Å². The van der Waals surface area contributed by atoms with Crippen molar-refractivity contribution in [2.45, 2.75) is 33.1 Å². The predicted octanol–water partition coefficient (Wildman–Crippen LogP) is 4.85. The quantitative estimate of drug-likeness (QED) is 0.373. The van der Waals surface area contributed by atoms with Gasteiger partial charge in [-0.05, 0) is 48.6 Å². The highest BCUT2D eigenvalue weighted by Gasteiger charge is 2.41. The summed E-state index contributed by atoms with van der Waals surface area (Å²) in [7, 11) is 0. The SMILES string of the molecule is CCCCOc1cc2cccc(OCC)c2c2c1C(=O)N(c1ccc(CC(=O)O)cc1)C2=O. The summed E-state index contributed by atoms with van der Waals surface area (Å²) in [6.07, 6.45) is 1.62. The third-order valence-corrected chi connectivity index (χ3v) is 5.53. The molecule has 0 saturated carbocycles. The maximum atomic E-state index is 13.6. The molecule has 1 heterocycles. The van der Waals surface area contributed by atoms with Crippen LogP contribution in [0, 0.1) is 0 Å². The first-order valence-corrected chi connectivity index (χ1v) is 11.0. The number of hydrogen-bond donors (Lipinski definition) is 1. The minimum Gasteiger partial charge on any atom is -0.493 e. The van der Waals surface area contributed by atoms with Gasteiger partial charge in [0.15, 0.2) is 0 Å². The molecular formula is C26H25NO6. The van der Waals surface area contributed by atoms with Crippen LogP contribution >= 0.6 is 0 Å². The van der Waals surface area contributed by atoms with Crippen molar-refractivity contribution in [3.8, 4) is 11.5 Å². The van der Waals surface area contributed by atoms with Gasteiger partial charge in [-0.1, -0.05) is 37.6 Å². The van der Waals surface area contributed by atoms with Crippen LogP contribution in [0.3, 0.4) is 0 Å². The molecule has 0 bridgehead atoms. The lowest BCUT2D eigenvalue weighted by Crippen LogP contribution is -2.29. The van der Waals surface area contributed by atoms with E-state index in [1.54, 1.807) is 36.4 Å². The fourth-order valence-corrected chi connectivity index (χ4v) is 4.03. The number of rotatable bonds is 9. The molecule has 1 N–H and O–H groups in total. The summed E-state index contributed by atoms with van der Waals surface area (Å²) in [4.78, 5) is 39.2. The Balaban J connectivity index is 1.85. The Labute approximate surface area is 191 Å². The molecule has 0 aliphatic carbocycles. The molecule has 1 aliphatic heterocycles. The van der Waals surface area contributed by atoms with E-state index in [-0.39, 0.29) is 17.5 Å². The Bertz CT molecular complexity index is 1230. The summed E-state index contributed by atoms with van der Waals surface area (Å²) < 4.78 is 11.7. The van der Waals surface area contributed by atoms with Crippen molar-refractivity contribution >= 4 is 34.2 Å². The minimum atomic E-state index is -0.952. The van der Waals surface area contributed by atoms with E-state index >= 15 is 0 Å². The average Bonchev–Trinajstić information content (AvgIpc) is 3.05. The summed E-state index contributed by atoms with van der Waals surface area (Å²) in [5.41, 5.74) is 1.44. The summed E-state index contributed by atoms with van der Waals surface area (Å²) in [5, 5.41) is 10.3. The Morgan fingerprint density at radius 3 is 2.33 bits per heavy atom. The molecule has 170 valence electrons. The number of carbonyl (C=O) groups excluding carboxylic acids is 2. The second kappa shape index (κ2) is 9.32. The molecule has 7 heteroatoms. The monoisotopic (exact) mass is 447 g/mol. The lowest BCUT2D eigenvalue weighted by Gasteiger charge is -2.14. The van der Waals surface area contributed by atoms with Crippen molar-refractivity contribution in [2.75, 3.05) is 18.1 Å². The van der Waals surface area contributed by atoms with Crippen LogP contribution in [0.1, 0.15) is 53.0 Å². The largest absolute Gasteiger partial charge is 0.493 e. The highest BCUT2D eigenvalue weighted by Crippen LogP contribution is 2.42. The number of unbranched alkanes of at least 4 members (excludes halogenated alkanes) is 1. The Morgan fingerprint density at radius 2 is 1.67 bits per heavy atom. The number of carboxylic acid groups (broad SMARTS) is 1. The molecule has 1 aliphatic rings. The maximum Gasteiger partial charge on any atom is 0.307 e. The fraction of sp³-hybridized carbons (Fsp3) is 0.269. The summed E-state index contributed by atoms with van der Waals surface area (Å²) >= 11 is 0. The number of aliphatic carboxylic acids is 1. The van der Waals surface area contributed by atoms with E-state index in [2.05, 4.69) is 0 Å². The van der Waals surface area contributed by atoms with E-state index in [4.69, 9.17) is 14.6 Å². The average molecular weight is 447 g/mol. The van der Waals surface area contributed by atoms with Crippen molar-refractivity contribution in [2.24, 2.45) is 0 Å². The van der Waals surface area contributed by atoms with Gasteiger partial charge in [-0.25, -0.2) is 4.90 Å². The van der Waals surface area contributed by atoms with Gasteiger partial charge in [0, 0.05) is 5.39 Å². The number of imide groups is 1. The second-order valence-corrected chi connectivity index (χ2v) is 7.80. The summed E-state index contributed by atoms with van der Waals surface area (Å²) in [6, 6.07) is 13.7. The Kier molecular flexibility index (Phi) is 6.31. The highest BCUT2D eigenvalue weighted by molar-refractivity contribution is 6.39. The molecule has 7 nitrogen and oxygen atoms in total. The fourth-order valence-electron chi connectivity index (χ4n) is 4.03. The van der Waals surface area contributed by atoms with Crippen LogP contribution in [0.25, 0.3) is 10.8 Å². The maximum absolute atomic E-state index is 13.6. The Hall–Kier alpha value is -3.87. The molecule has 0 fully saturated rings. The first kappa shape index (κ1) is 22.3. The number of benzene rings is 3. The molecule has 0 unspecified atom stereocenters. The van der Waals surface area contributed by atoms with Crippen molar-refractivity contribution in [1.29, 1.82) is 0 Å². The number of nitrogens with zero attached hydrogens (tertiary/aromatic N) is 1. The van der Waals surface area contributed by atoms with Gasteiger partial charge in [-0.15, -0.1) is 0 Å². The van der Waals surface area contributed by atoms with Gasteiger partial charge in [0.2, 0.25) is 0 Å². The van der Waals surface area contributed by atoms with Crippen molar-refractivity contribution < 1.29 is 29.0 Å². The van der Waals surface area contributed by atoms with Crippen LogP contribution in [0.5, 0.6) is 11.5 Å². The van der Waals surface area contributed by atoms with Crippen LogP contribution in [0.15, 0.2) is 48.5 Å². The molecular weight excluding hydrogens is 422 g/mol. The predicted molar refractivity (Wildman–Crippen MR) is 124 cm³/mol. The highest BCUT2D eigenvalue weighted by atomic mass is 16.5. The van der Waals surface area contributed by atoms with Gasteiger partial charge >= 0.3 is 5.97 Å². The van der Waals surface area contributed by atoms with Gasteiger partial charge < -0.3 is 14.6 Å². The van der Waals surface area contributed by atoms with Crippen LogP contribution in [0.2, 0.25) is 0 Å². The van der Waals surface area contributed by atoms with E-state index < -0.39 is 17.8 Å². The molecule has 3 aromatic carbocycles. The lowest BCUT2D eigenvalue weighted by atomic mass is 9.98.